The zero-order valence-electron chi connectivity index (χ0n) is 3.22. The third-order valence-corrected chi connectivity index (χ3v) is 0. The van der Waals surface area contributed by atoms with Crippen LogP contribution >= 0.6 is 0 Å². The molecule has 0 aromatic heterocycles. The molecule has 0 bridgehead atoms. The summed E-state index contributed by atoms with van der Waals surface area (Å²) in [4.78, 5) is 0. The van der Waals surface area contributed by atoms with Gasteiger partial charge in [0.1, 0.15) is 0 Å². The molecule has 6 heteroatoms. The van der Waals surface area contributed by atoms with E-state index in [1.165, 1.54) is 16.2 Å². The first-order valence-corrected chi connectivity index (χ1v) is 4.14. The first-order valence-electron chi connectivity index (χ1n) is 0.813. The van der Waals surface area contributed by atoms with Crippen LogP contribution in [0, 0.1) is 0 Å². The minimum absolute atomic E-state index is 0.1000. The zero-order chi connectivity index (χ0) is 6.00. The Morgan fingerprint density at radius 2 is 1.17 bits per heavy atom. The second-order valence-corrected chi connectivity index (χ2v) is 0. The topological polar surface area (TPSA) is 51.2 Å². The third-order valence-electron chi connectivity index (χ3n) is 0. The summed E-state index contributed by atoms with van der Waals surface area (Å²) in [5.41, 5.74) is 0. The van der Waals surface area contributed by atoms with E-state index in [-0.39, 0.29) is 42.6 Å². The molecule has 0 amide bonds. The van der Waals surface area contributed by atoms with Gasteiger partial charge in [-0.2, -0.15) is 0 Å². The summed E-state index contributed by atoms with van der Waals surface area (Å²) in [5, 5.41) is 0. The Morgan fingerprint density at radius 3 is 1.17 bits per heavy atom. The van der Waals surface area contributed by atoms with Crippen molar-refractivity contribution in [2.24, 2.45) is 0 Å². The second-order valence-electron chi connectivity index (χ2n) is 0. The molecule has 0 heterocycles. The van der Waals surface area contributed by atoms with Crippen molar-refractivity contribution in [2.45, 2.75) is 0 Å². The molecule has 0 saturated heterocycles. The second kappa shape index (κ2) is 93.0. The van der Waals surface area contributed by atoms with Gasteiger partial charge in [-0.15, -0.1) is 0 Å². The average molecular weight is 256 g/mol. The quantitative estimate of drug-likeness (QED) is 0.501. The summed E-state index contributed by atoms with van der Waals surface area (Å²) in [6.07, 6.45) is 0. The van der Waals surface area contributed by atoms with E-state index in [1.807, 2.05) is 0 Å². The van der Waals surface area contributed by atoms with Crippen LogP contribution < -0.4 is 0 Å². The monoisotopic (exact) mass is 255 g/mol. The van der Waals surface area contributed by atoms with Crippen molar-refractivity contribution >= 4 is 40.6 Å². The molecule has 0 aliphatic carbocycles. The molecule has 0 N–H and O–H groups in total. The predicted octanol–water partition coefficient (Wildman–Crippen LogP) is -1.39. The van der Waals surface area contributed by atoms with Crippen LogP contribution in [0.25, 0.3) is 0 Å². The Labute approximate surface area is 68.5 Å². The van der Waals surface area contributed by atoms with Crippen LogP contribution in [0.3, 0.4) is 0 Å². The van der Waals surface area contributed by atoms with Crippen molar-refractivity contribution in [1.82, 2.24) is 0 Å². The van der Waals surface area contributed by atoms with Gasteiger partial charge in [0.05, 0.1) is 0 Å². The van der Waals surface area contributed by atoms with E-state index in [4.69, 9.17) is 10.2 Å². The van der Waals surface area contributed by atoms with Gasteiger partial charge < -0.3 is 0 Å². The van der Waals surface area contributed by atoms with Crippen LogP contribution in [0.15, 0.2) is 0 Å². The molecule has 0 fully saturated rings. The molecule has 1 radical (unpaired) electrons. The fourth-order valence-electron chi connectivity index (χ4n) is 0. The van der Waals surface area contributed by atoms with Crippen molar-refractivity contribution < 1.29 is 28.5 Å². The number of hydrogen-bond donors (Lipinski definition) is 0. The van der Waals surface area contributed by atoms with Gasteiger partial charge in [-0.25, -0.2) is 0 Å². The third kappa shape index (κ3) is 52.3. The molecule has 0 atom stereocenters. The van der Waals surface area contributed by atoms with E-state index in [0.717, 1.165) is 0 Å². The van der Waals surface area contributed by atoms with Gasteiger partial charge in [0.2, 0.25) is 0 Å². The molecule has 0 unspecified atom stereocenters. The summed E-state index contributed by atoms with van der Waals surface area (Å²) < 4.78 is 25.0. The molecule has 0 spiro atoms. The molecular weight excluding hydrogens is 255 g/mol. The summed E-state index contributed by atoms with van der Waals surface area (Å²) in [7, 11) is 0. The van der Waals surface area contributed by atoms with Crippen LogP contribution in [-0.4, -0.2) is 40.6 Å². The van der Waals surface area contributed by atoms with Crippen molar-refractivity contribution in [3.8, 4) is 0 Å². The van der Waals surface area contributed by atoms with Gasteiger partial charge in [0, 0.05) is 0 Å². The molecule has 0 aliphatic heterocycles. The fraction of sp³-hybridized carbons (Fsp3) is 0. The van der Waals surface area contributed by atoms with Gasteiger partial charge in [0.15, 0.2) is 0 Å². The fourth-order valence-corrected chi connectivity index (χ4v) is 0. The first-order chi connectivity index (χ1) is 3.00. The van der Waals surface area contributed by atoms with Crippen molar-refractivity contribution in [1.29, 1.82) is 0 Å². The van der Waals surface area contributed by atoms with Crippen molar-refractivity contribution in [3.05, 3.63) is 0 Å². The normalized spacial score (nSPS) is 2.00. The van der Waals surface area contributed by atoms with E-state index in [0.29, 0.717) is 0 Å². The van der Waals surface area contributed by atoms with Crippen LogP contribution in [0.1, 0.15) is 0 Å². The first kappa shape index (κ1) is 15.7. The van der Waals surface area contributed by atoms with Gasteiger partial charge in [-0.3, -0.25) is 0 Å². The summed E-state index contributed by atoms with van der Waals surface area (Å²) in [5.74, 6) is 0. The van der Waals surface area contributed by atoms with Gasteiger partial charge >= 0.3 is 69.1 Å². The van der Waals surface area contributed by atoms with Crippen molar-refractivity contribution in [2.75, 3.05) is 0 Å². The number of hydrogen-bond acceptors (Lipinski definition) is 3. The minimum atomic E-state index is -0.1000. The Hall–Kier alpha value is 1.43. The molecule has 6 heavy (non-hydrogen) atoms. The standard InChI is InChI=1S/Al.In.3O.Zn.H. The average Bonchev–Trinajstić information content (AvgIpc) is 1.81. The SMILES string of the molecule is [O]=[Al].[O]=[InH].[O]=[Zn]. The van der Waals surface area contributed by atoms with E-state index < -0.39 is 0 Å². The van der Waals surface area contributed by atoms with Crippen LogP contribution in [0.5, 0.6) is 0 Å². The van der Waals surface area contributed by atoms with Crippen LogP contribution in [-0.2, 0) is 28.5 Å². The molecular formula is HAlInO3Zn. The maximum atomic E-state index is 8.42. The van der Waals surface area contributed by atoms with Crippen molar-refractivity contribution in [3.63, 3.8) is 0 Å². The molecule has 0 rings (SSSR count). The van der Waals surface area contributed by atoms with E-state index >= 15 is 0 Å². The molecule has 0 aromatic carbocycles. The van der Waals surface area contributed by atoms with E-state index in [1.54, 1.807) is 0 Å². The summed E-state index contributed by atoms with van der Waals surface area (Å²) in [6.45, 7) is 0. The van der Waals surface area contributed by atoms with E-state index in [9.17, 15) is 0 Å². The zero-order valence-corrected chi connectivity index (χ0v) is 11.4. The molecule has 0 aromatic rings. The van der Waals surface area contributed by atoms with Crippen LogP contribution in [0.2, 0.25) is 0 Å². The van der Waals surface area contributed by atoms with Gasteiger partial charge in [0.25, 0.3) is 0 Å². The summed E-state index contributed by atoms with van der Waals surface area (Å²) >= 11 is 1.19. The number of rotatable bonds is 0. The Balaban J connectivity index is -0.0000000225. The Morgan fingerprint density at radius 1 is 1.17 bits per heavy atom. The van der Waals surface area contributed by atoms with Crippen LogP contribution in [0.4, 0.5) is 0 Å². The Kier molecular flexibility index (Phi) is 243. The van der Waals surface area contributed by atoms with Gasteiger partial charge in [-0.05, 0) is 0 Å². The van der Waals surface area contributed by atoms with E-state index in [2.05, 4.69) is 0 Å². The van der Waals surface area contributed by atoms with Gasteiger partial charge in [-0.1, -0.05) is 0 Å². The molecule has 0 saturated carbocycles. The molecule has 3 nitrogen and oxygen atoms in total. The maximum absolute atomic E-state index is 8.42. The molecule has 0 aliphatic rings. The summed E-state index contributed by atoms with van der Waals surface area (Å²) in [6, 6.07) is 0. The Bertz CT molecular complexity index is 15.5. The molecule has 27 valence electrons. The predicted molar refractivity (Wildman–Crippen MR) is 15.0 cm³/mol.